The molecule has 3 aromatic heterocycles. The smallest absolute Gasteiger partial charge is 0.406 e. The molecule has 0 aliphatic carbocycles. The van der Waals surface area contributed by atoms with Crippen molar-refractivity contribution in [3.63, 3.8) is 0 Å². The Morgan fingerprint density at radius 1 is 1.20 bits per heavy atom. The second-order valence-electron chi connectivity index (χ2n) is 6.63. The Hall–Kier alpha value is -3.01. The number of aromatic nitrogens is 3. The molecular weight excluding hydrogens is 419 g/mol. The molecule has 158 valence electrons. The molecule has 0 atom stereocenters. The number of alkyl halides is 3. The number of halogens is 3. The lowest BCUT2D eigenvalue weighted by Crippen LogP contribution is -2.20. The van der Waals surface area contributed by atoms with Crippen LogP contribution in [0.3, 0.4) is 0 Å². The van der Waals surface area contributed by atoms with Crippen LogP contribution < -0.4 is 0 Å². The molecule has 6 nitrogen and oxygen atoms in total. The van der Waals surface area contributed by atoms with Crippen molar-refractivity contribution in [1.29, 1.82) is 0 Å². The zero-order valence-electron chi connectivity index (χ0n) is 16.4. The Labute approximate surface area is 174 Å². The van der Waals surface area contributed by atoms with Crippen LogP contribution in [0.5, 0.6) is 0 Å². The molecule has 10 heteroatoms. The average molecular weight is 437 g/mol. The fourth-order valence-corrected chi connectivity index (χ4v) is 3.90. The third-order valence-corrected chi connectivity index (χ3v) is 5.57. The van der Waals surface area contributed by atoms with Crippen LogP contribution in [0.4, 0.5) is 13.2 Å². The number of aryl methyl sites for hydroxylation is 2. The van der Waals surface area contributed by atoms with E-state index < -0.39 is 31.1 Å². The molecule has 0 bridgehead atoms. The number of Topliss-reactive ketones (excluding diaryl/α,β-unsaturated/α-hetero) is 1. The Kier molecular flexibility index (Phi) is 6.06. The van der Waals surface area contributed by atoms with Gasteiger partial charge >= 0.3 is 12.1 Å². The Bertz CT molecular complexity index is 1090. The molecule has 0 radical (unpaired) electrons. The molecule has 0 fully saturated rings. The Morgan fingerprint density at radius 2 is 1.93 bits per heavy atom. The summed E-state index contributed by atoms with van der Waals surface area (Å²) in [6.45, 7) is 2.80. The van der Waals surface area contributed by atoms with E-state index >= 15 is 0 Å². The number of nitrogens with zero attached hydrogens (tertiary/aromatic N) is 3. The minimum Gasteiger partial charge on any atom is -0.453 e. The van der Waals surface area contributed by atoms with Crippen molar-refractivity contribution >= 4 is 23.1 Å². The van der Waals surface area contributed by atoms with Gasteiger partial charge in [0.1, 0.15) is 16.4 Å². The highest BCUT2D eigenvalue weighted by molar-refractivity contribution is 7.17. The van der Waals surface area contributed by atoms with Crippen LogP contribution in [0.25, 0.3) is 10.7 Å². The fraction of sp³-hybridized carbons (Fsp3) is 0.300. The topological polar surface area (TPSA) is 74.1 Å². The Morgan fingerprint density at radius 3 is 2.57 bits per heavy atom. The SMILES string of the molecule is Cc1nc(-c2ccccn2)sc1C(=O)OCC(=O)c1cc(C)n(CC(F)(F)F)c1C. The lowest BCUT2D eigenvalue weighted by molar-refractivity contribution is -0.141. The van der Waals surface area contributed by atoms with Crippen molar-refractivity contribution < 1.29 is 27.5 Å². The molecule has 0 N–H and O–H groups in total. The van der Waals surface area contributed by atoms with Crippen LogP contribution in [-0.2, 0) is 11.3 Å². The number of hydrogen-bond donors (Lipinski definition) is 0. The molecule has 0 aliphatic rings. The van der Waals surface area contributed by atoms with E-state index in [1.165, 1.54) is 19.9 Å². The summed E-state index contributed by atoms with van der Waals surface area (Å²) in [5, 5.41) is 0.544. The van der Waals surface area contributed by atoms with E-state index in [2.05, 4.69) is 9.97 Å². The Balaban J connectivity index is 1.71. The molecule has 0 saturated heterocycles. The molecule has 3 rings (SSSR count). The van der Waals surface area contributed by atoms with E-state index in [0.717, 1.165) is 15.9 Å². The van der Waals surface area contributed by atoms with Gasteiger partial charge in [-0.2, -0.15) is 13.2 Å². The van der Waals surface area contributed by atoms with E-state index in [4.69, 9.17) is 4.74 Å². The summed E-state index contributed by atoms with van der Waals surface area (Å²) in [6.07, 6.45) is -2.80. The number of pyridine rings is 1. The van der Waals surface area contributed by atoms with Gasteiger partial charge in [-0.1, -0.05) is 6.07 Å². The summed E-state index contributed by atoms with van der Waals surface area (Å²) in [7, 11) is 0. The van der Waals surface area contributed by atoms with Crippen LogP contribution in [-0.4, -0.2) is 39.1 Å². The average Bonchev–Trinajstić information content (AvgIpc) is 3.20. The van der Waals surface area contributed by atoms with Gasteiger partial charge in [-0.25, -0.2) is 9.78 Å². The number of ketones is 1. The minimum absolute atomic E-state index is 0.0970. The fourth-order valence-electron chi connectivity index (χ4n) is 2.97. The second-order valence-corrected chi connectivity index (χ2v) is 7.63. The molecule has 3 aromatic rings. The maximum absolute atomic E-state index is 12.7. The van der Waals surface area contributed by atoms with E-state index in [1.807, 2.05) is 0 Å². The molecule has 0 aromatic carbocycles. The van der Waals surface area contributed by atoms with Crippen molar-refractivity contribution in [3.8, 4) is 10.7 Å². The first-order valence-corrected chi connectivity index (χ1v) is 9.71. The van der Waals surface area contributed by atoms with Gasteiger partial charge in [0.2, 0.25) is 5.78 Å². The molecule has 0 amide bonds. The van der Waals surface area contributed by atoms with Crippen molar-refractivity contribution in [1.82, 2.24) is 14.5 Å². The number of hydrogen-bond acceptors (Lipinski definition) is 6. The highest BCUT2D eigenvalue weighted by Gasteiger charge is 2.30. The summed E-state index contributed by atoms with van der Waals surface area (Å²) in [5.74, 6) is -1.29. The summed E-state index contributed by atoms with van der Waals surface area (Å²) >= 11 is 1.10. The van der Waals surface area contributed by atoms with Crippen molar-refractivity contribution in [2.75, 3.05) is 6.61 Å². The monoisotopic (exact) mass is 437 g/mol. The molecule has 0 saturated carbocycles. The predicted molar refractivity (Wildman–Crippen MR) is 105 cm³/mol. The number of carbonyl (C=O) groups excluding carboxylic acids is 2. The number of ether oxygens (including phenoxy) is 1. The molecule has 30 heavy (non-hydrogen) atoms. The lowest BCUT2D eigenvalue weighted by Gasteiger charge is -2.12. The van der Waals surface area contributed by atoms with Gasteiger partial charge in [0, 0.05) is 23.1 Å². The van der Waals surface area contributed by atoms with Crippen LogP contribution in [0.1, 0.15) is 37.1 Å². The van der Waals surface area contributed by atoms with E-state index in [9.17, 15) is 22.8 Å². The predicted octanol–water partition coefficient (Wildman–Crippen LogP) is 4.53. The highest BCUT2D eigenvalue weighted by atomic mass is 32.1. The van der Waals surface area contributed by atoms with Crippen LogP contribution >= 0.6 is 11.3 Å². The second kappa shape index (κ2) is 8.39. The number of carbonyl (C=O) groups is 2. The van der Waals surface area contributed by atoms with Crippen LogP contribution in [0, 0.1) is 20.8 Å². The normalized spacial score (nSPS) is 11.5. The van der Waals surface area contributed by atoms with E-state index in [-0.39, 0.29) is 16.1 Å². The van der Waals surface area contributed by atoms with Gasteiger partial charge in [-0.15, -0.1) is 11.3 Å². The molecule has 0 unspecified atom stereocenters. The van der Waals surface area contributed by atoms with Gasteiger partial charge < -0.3 is 9.30 Å². The number of thiazole rings is 1. The van der Waals surface area contributed by atoms with Crippen molar-refractivity contribution in [2.45, 2.75) is 33.5 Å². The third-order valence-electron chi connectivity index (χ3n) is 4.41. The zero-order valence-corrected chi connectivity index (χ0v) is 17.2. The summed E-state index contributed by atoms with van der Waals surface area (Å²) in [4.78, 5) is 33.6. The first-order chi connectivity index (χ1) is 14.1. The van der Waals surface area contributed by atoms with E-state index in [1.54, 1.807) is 31.3 Å². The summed E-state index contributed by atoms with van der Waals surface area (Å²) in [5.41, 5.74) is 1.63. The zero-order chi connectivity index (χ0) is 22.1. The molecule has 0 aliphatic heterocycles. The van der Waals surface area contributed by atoms with Crippen LogP contribution in [0.2, 0.25) is 0 Å². The van der Waals surface area contributed by atoms with Gasteiger partial charge in [0.25, 0.3) is 0 Å². The van der Waals surface area contributed by atoms with Gasteiger partial charge in [0.05, 0.1) is 11.4 Å². The number of rotatable bonds is 6. The van der Waals surface area contributed by atoms with Crippen molar-refractivity contribution in [2.24, 2.45) is 0 Å². The largest absolute Gasteiger partial charge is 0.453 e. The highest BCUT2D eigenvalue weighted by Crippen LogP contribution is 2.27. The quantitative estimate of drug-likeness (QED) is 0.418. The van der Waals surface area contributed by atoms with E-state index in [0.29, 0.717) is 22.1 Å². The van der Waals surface area contributed by atoms with Gasteiger partial charge in [-0.3, -0.25) is 9.78 Å². The lowest BCUT2D eigenvalue weighted by atomic mass is 10.1. The standard InChI is InChI=1S/C20H18F3N3O3S/c1-11-8-14(13(3)26(11)10-20(21,22)23)16(27)9-29-19(28)17-12(2)25-18(30-17)15-6-4-5-7-24-15/h4-8H,9-10H2,1-3H3. The first-order valence-electron chi connectivity index (χ1n) is 8.89. The van der Waals surface area contributed by atoms with Gasteiger partial charge in [-0.05, 0) is 39.0 Å². The maximum atomic E-state index is 12.7. The summed E-state index contributed by atoms with van der Waals surface area (Å²) < 4.78 is 44.3. The van der Waals surface area contributed by atoms with Crippen molar-refractivity contribution in [3.05, 3.63) is 58.0 Å². The van der Waals surface area contributed by atoms with Gasteiger partial charge in [0.15, 0.2) is 6.61 Å². The number of esters is 1. The molecular formula is C20H18F3N3O3S. The van der Waals surface area contributed by atoms with Crippen LogP contribution in [0.15, 0.2) is 30.5 Å². The minimum atomic E-state index is -4.41. The maximum Gasteiger partial charge on any atom is 0.406 e. The third kappa shape index (κ3) is 4.76. The molecule has 3 heterocycles. The molecule has 0 spiro atoms. The first kappa shape index (κ1) is 21.7. The summed E-state index contributed by atoms with van der Waals surface area (Å²) in [6, 6.07) is 6.68.